The highest BCUT2D eigenvalue weighted by atomic mass is 32.2. The van der Waals surface area contributed by atoms with Crippen LogP contribution in [0.25, 0.3) is 0 Å². The van der Waals surface area contributed by atoms with Gasteiger partial charge in [-0.25, -0.2) is 0 Å². The molecule has 52 valence electrons. The number of aryl methyl sites for hydroxylation is 1. The third-order valence-electron chi connectivity index (χ3n) is 1.91. The molecular weight excluding hydrogens is 140 g/mol. The Bertz CT molecular complexity index is 265. The number of hydrogen-bond donors (Lipinski definition) is 0. The van der Waals surface area contributed by atoms with Gasteiger partial charge in [0.25, 0.3) is 0 Å². The molecule has 0 aromatic heterocycles. The Kier molecular flexibility index (Phi) is 1.27. The van der Waals surface area contributed by atoms with Crippen LogP contribution in [0, 0.1) is 6.92 Å². The summed E-state index contributed by atoms with van der Waals surface area (Å²) in [5.74, 6) is 0. The third-order valence-corrected chi connectivity index (χ3v) is 3.14. The van der Waals surface area contributed by atoms with Crippen LogP contribution in [0.3, 0.4) is 0 Å². The van der Waals surface area contributed by atoms with Gasteiger partial charge in [0.05, 0.1) is 0 Å². The van der Waals surface area contributed by atoms with E-state index in [1.807, 2.05) is 11.8 Å². The second-order valence-corrected chi connectivity index (χ2v) is 4.18. The summed E-state index contributed by atoms with van der Waals surface area (Å²) in [5, 5.41) is 0.731. The van der Waals surface area contributed by atoms with Crippen molar-refractivity contribution in [1.82, 2.24) is 0 Å². The SMILES string of the molecule is Cc1ccc2c(c1)C(C)S2. The normalized spacial score (nSPS) is 21.6. The van der Waals surface area contributed by atoms with Crippen LogP contribution in [-0.4, -0.2) is 0 Å². The topological polar surface area (TPSA) is 0 Å². The van der Waals surface area contributed by atoms with E-state index in [1.54, 1.807) is 0 Å². The summed E-state index contributed by atoms with van der Waals surface area (Å²) in [6.07, 6.45) is 0. The zero-order valence-corrected chi connectivity index (χ0v) is 7.03. The average molecular weight is 150 g/mol. The van der Waals surface area contributed by atoms with Crippen molar-refractivity contribution in [3.05, 3.63) is 29.3 Å². The zero-order chi connectivity index (χ0) is 7.14. The first kappa shape index (κ1) is 6.29. The molecule has 0 aliphatic carbocycles. The minimum Gasteiger partial charge on any atom is -0.118 e. The van der Waals surface area contributed by atoms with E-state index in [1.165, 1.54) is 16.0 Å². The van der Waals surface area contributed by atoms with E-state index in [0.29, 0.717) is 0 Å². The maximum Gasteiger partial charge on any atom is 0.0327 e. The fourth-order valence-corrected chi connectivity index (χ4v) is 2.32. The molecule has 0 bridgehead atoms. The lowest BCUT2D eigenvalue weighted by Crippen LogP contribution is -2.01. The molecule has 1 heteroatoms. The Morgan fingerprint density at radius 2 is 2.20 bits per heavy atom. The van der Waals surface area contributed by atoms with Gasteiger partial charge in [0.15, 0.2) is 0 Å². The molecule has 1 aliphatic rings. The zero-order valence-electron chi connectivity index (χ0n) is 6.22. The maximum atomic E-state index is 2.29. The number of benzene rings is 1. The highest BCUT2D eigenvalue weighted by Crippen LogP contribution is 2.49. The lowest BCUT2D eigenvalue weighted by molar-refractivity contribution is 0.986. The molecule has 1 aromatic rings. The van der Waals surface area contributed by atoms with E-state index in [4.69, 9.17) is 0 Å². The molecule has 0 fully saturated rings. The summed E-state index contributed by atoms with van der Waals surface area (Å²) in [6, 6.07) is 6.68. The summed E-state index contributed by atoms with van der Waals surface area (Å²) >= 11 is 1.96. The second kappa shape index (κ2) is 2.03. The van der Waals surface area contributed by atoms with Crippen molar-refractivity contribution >= 4 is 11.8 Å². The number of fused-ring (bicyclic) bond motifs is 1. The first-order chi connectivity index (χ1) is 4.77. The van der Waals surface area contributed by atoms with Gasteiger partial charge in [-0.05, 0) is 25.5 Å². The van der Waals surface area contributed by atoms with Gasteiger partial charge in [-0.15, -0.1) is 11.8 Å². The molecule has 0 radical (unpaired) electrons. The first-order valence-corrected chi connectivity index (χ1v) is 4.42. The Labute approximate surface area is 65.6 Å². The van der Waals surface area contributed by atoms with Crippen LogP contribution in [0.5, 0.6) is 0 Å². The molecule has 0 amide bonds. The van der Waals surface area contributed by atoms with Crippen molar-refractivity contribution in [2.45, 2.75) is 24.0 Å². The van der Waals surface area contributed by atoms with Gasteiger partial charge < -0.3 is 0 Å². The minimum absolute atomic E-state index is 0.731. The molecule has 0 nitrogen and oxygen atoms in total. The monoisotopic (exact) mass is 150 g/mol. The summed E-state index contributed by atoms with van der Waals surface area (Å²) in [4.78, 5) is 1.47. The number of hydrogen-bond acceptors (Lipinski definition) is 1. The van der Waals surface area contributed by atoms with Crippen LogP contribution in [0.4, 0.5) is 0 Å². The van der Waals surface area contributed by atoms with Crippen LogP contribution >= 0.6 is 11.8 Å². The van der Waals surface area contributed by atoms with Crippen molar-refractivity contribution in [3.8, 4) is 0 Å². The lowest BCUT2D eigenvalue weighted by atomic mass is 10.1. The molecular formula is C9H10S. The average Bonchev–Trinajstić information content (AvgIpc) is 1.92. The van der Waals surface area contributed by atoms with Crippen molar-refractivity contribution < 1.29 is 0 Å². The third kappa shape index (κ3) is 0.772. The fourth-order valence-electron chi connectivity index (χ4n) is 1.29. The molecule has 1 atom stereocenters. The van der Waals surface area contributed by atoms with Gasteiger partial charge in [-0.2, -0.15) is 0 Å². The van der Waals surface area contributed by atoms with Gasteiger partial charge in [0, 0.05) is 10.1 Å². The summed E-state index contributed by atoms with van der Waals surface area (Å²) in [7, 11) is 0. The predicted molar refractivity (Wildman–Crippen MR) is 45.5 cm³/mol. The van der Waals surface area contributed by atoms with Gasteiger partial charge in [0.1, 0.15) is 0 Å². The number of thioether (sulfide) groups is 1. The smallest absolute Gasteiger partial charge is 0.0327 e. The lowest BCUT2D eigenvalue weighted by Gasteiger charge is -2.25. The van der Waals surface area contributed by atoms with E-state index in [0.717, 1.165) is 5.25 Å². The molecule has 1 aromatic carbocycles. The molecule has 10 heavy (non-hydrogen) atoms. The first-order valence-electron chi connectivity index (χ1n) is 3.54. The van der Waals surface area contributed by atoms with E-state index in [-0.39, 0.29) is 0 Å². The van der Waals surface area contributed by atoms with E-state index < -0.39 is 0 Å². The van der Waals surface area contributed by atoms with Crippen LogP contribution in [0.15, 0.2) is 23.1 Å². The summed E-state index contributed by atoms with van der Waals surface area (Å²) < 4.78 is 0. The Balaban J connectivity index is 2.51. The molecule has 0 saturated heterocycles. The van der Waals surface area contributed by atoms with Gasteiger partial charge >= 0.3 is 0 Å². The molecule has 0 N–H and O–H groups in total. The molecule has 1 aliphatic heterocycles. The van der Waals surface area contributed by atoms with Crippen molar-refractivity contribution in [2.24, 2.45) is 0 Å². The van der Waals surface area contributed by atoms with Crippen LogP contribution in [-0.2, 0) is 0 Å². The highest BCUT2D eigenvalue weighted by Gasteiger charge is 2.21. The largest absolute Gasteiger partial charge is 0.118 e. The standard InChI is InChI=1S/C9H10S/c1-6-3-4-9-8(5-6)7(2)10-9/h3-5,7H,1-2H3. The van der Waals surface area contributed by atoms with Gasteiger partial charge in [0.2, 0.25) is 0 Å². The van der Waals surface area contributed by atoms with Crippen molar-refractivity contribution in [3.63, 3.8) is 0 Å². The van der Waals surface area contributed by atoms with Gasteiger partial charge in [-0.1, -0.05) is 17.7 Å². The Morgan fingerprint density at radius 1 is 1.40 bits per heavy atom. The molecule has 0 spiro atoms. The van der Waals surface area contributed by atoms with E-state index >= 15 is 0 Å². The van der Waals surface area contributed by atoms with E-state index in [9.17, 15) is 0 Å². The van der Waals surface area contributed by atoms with Crippen LogP contribution in [0.2, 0.25) is 0 Å². The maximum absolute atomic E-state index is 2.29. The molecule has 2 rings (SSSR count). The van der Waals surface area contributed by atoms with Crippen LogP contribution < -0.4 is 0 Å². The van der Waals surface area contributed by atoms with Crippen molar-refractivity contribution in [2.75, 3.05) is 0 Å². The molecule has 1 unspecified atom stereocenters. The molecule has 1 heterocycles. The quantitative estimate of drug-likeness (QED) is 0.547. The second-order valence-electron chi connectivity index (χ2n) is 2.80. The highest BCUT2D eigenvalue weighted by molar-refractivity contribution is 8.01. The minimum atomic E-state index is 0.731. The number of rotatable bonds is 0. The van der Waals surface area contributed by atoms with Crippen molar-refractivity contribution in [1.29, 1.82) is 0 Å². The fraction of sp³-hybridized carbons (Fsp3) is 0.333. The van der Waals surface area contributed by atoms with Crippen LogP contribution in [0.1, 0.15) is 23.3 Å². The molecule has 0 saturated carbocycles. The Morgan fingerprint density at radius 3 is 2.80 bits per heavy atom. The van der Waals surface area contributed by atoms with E-state index in [2.05, 4.69) is 32.0 Å². The summed E-state index contributed by atoms with van der Waals surface area (Å²) in [6.45, 7) is 4.41. The Hall–Kier alpha value is -0.430. The van der Waals surface area contributed by atoms with Gasteiger partial charge in [-0.3, -0.25) is 0 Å². The predicted octanol–water partition coefficient (Wildman–Crippen LogP) is 3.16. The summed E-state index contributed by atoms with van der Waals surface area (Å²) in [5.41, 5.74) is 2.91.